The summed E-state index contributed by atoms with van der Waals surface area (Å²) in [5.41, 5.74) is -1.36. The fourth-order valence-corrected chi connectivity index (χ4v) is 7.69. The molecule has 172 valence electrons. The van der Waals surface area contributed by atoms with Gasteiger partial charge in [0.15, 0.2) is 12.4 Å². The zero-order valence-electron chi connectivity index (χ0n) is 19.0. The van der Waals surface area contributed by atoms with Gasteiger partial charge in [0.1, 0.15) is 5.60 Å². The van der Waals surface area contributed by atoms with Crippen LogP contribution in [0.5, 0.6) is 0 Å². The summed E-state index contributed by atoms with van der Waals surface area (Å²) in [5.74, 6) is -0.323. The highest BCUT2D eigenvalue weighted by atomic mass is 16.5. The molecule has 6 heteroatoms. The number of aliphatic hydroxyl groups is 2. The summed E-state index contributed by atoms with van der Waals surface area (Å²) in [6.45, 7) is 5.59. The number of fused-ring (bicyclic) bond motifs is 5. The smallest absolute Gasteiger partial charge is 0.306 e. The molecule has 4 aliphatic rings. The molecule has 4 aliphatic carbocycles. The fraction of sp³-hybridized carbons (Fsp3) is 0.800. The second kappa shape index (κ2) is 7.80. The fourth-order valence-electron chi connectivity index (χ4n) is 7.69. The van der Waals surface area contributed by atoms with Crippen molar-refractivity contribution < 1.29 is 29.3 Å². The number of carbonyl (C=O) groups excluding carboxylic acids is 3. The highest BCUT2D eigenvalue weighted by Gasteiger charge is 2.68. The zero-order chi connectivity index (χ0) is 22.6. The second-order valence-electron chi connectivity index (χ2n) is 10.8. The second-order valence-corrected chi connectivity index (χ2v) is 10.8. The van der Waals surface area contributed by atoms with E-state index in [9.17, 15) is 24.6 Å². The molecule has 3 fully saturated rings. The van der Waals surface area contributed by atoms with Gasteiger partial charge >= 0.3 is 5.97 Å². The summed E-state index contributed by atoms with van der Waals surface area (Å²) >= 11 is 0. The van der Waals surface area contributed by atoms with Crippen LogP contribution in [-0.2, 0) is 19.1 Å². The first-order valence-electron chi connectivity index (χ1n) is 11.9. The van der Waals surface area contributed by atoms with Gasteiger partial charge in [0, 0.05) is 18.3 Å². The summed E-state index contributed by atoms with van der Waals surface area (Å²) in [6.07, 6.45) is 6.46. The zero-order valence-corrected chi connectivity index (χ0v) is 19.0. The lowest BCUT2D eigenvalue weighted by molar-refractivity contribution is -0.184. The van der Waals surface area contributed by atoms with Gasteiger partial charge in [0.2, 0.25) is 5.78 Å². The number of Topliss-reactive ketones (excluding diaryl/α,β-unsaturated/α-hetero) is 1. The van der Waals surface area contributed by atoms with Crippen molar-refractivity contribution in [3.05, 3.63) is 11.6 Å². The predicted octanol–water partition coefficient (Wildman–Crippen LogP) is 3.13. The van der Waals surface area contributed by atoms with E-state index in [1.807, 2.05) is 13.8 Å². The Morgan fingerprint density at radius 1 is 1.19 bits per heavy atom. The SMILES string of the molecule is CCCC(=O)OCC(=O)[C@]1(O)CC[C@H]2[C@@H]3CCC4=CC(=O)CC[C@]4(C)[C@H]3[C@@H](O)C[C@@]21C. The number of hydrogen-bond acceptors (Lipinski definition) is 6. The summed E-state index contributed by atoms with van der Waals surface area (Å²) in [7, 11) is 0. The van der Waals surface area contributed by atoms with Gasteiger partial charge in [-0.05, 0) is 74.2 Å². The molecule has 6 nitrogen and oxygen atoms in total. The molecule has 0 bridgehead atoms. The van der Waals surface area contributed by atoms with Crippen molar-refractivity contribution in [1.29, 1.82) is 0 Å². The molecular formula is C25H36O6. The first kappa shape index (κ1) is 22.7. The third-order valence-electron chi connectivity index (χ3n) is 9.33. The molecule has 7 atom stereocenters. The molecule has 0 radical (unpaired) electrons. The standard InChI is InChI=1S/C25H36O6/c1-4-5-21(29)31-14-20(28)25(30)11-9-18-17-7-6-15-12-16(26)8-10-23(15,2)22(17)19(27)13-24(18,25)3/h12,17-19,22,27,30H,4-11,13-14H2,1-3H3/t17-,18-,19-,22+,23-,24-,25+/m0/s1. The molecule has 0 spiro atoms. The van der Waals surface area contributed by atoms with E-state index in [4.69, 9.17) is 4.74 Å². The van der Waals surface area contributed by atoms with Crippen molar-refractivity contribution in [2.24, 2.45) is 28.6 Å². The third-order valence-corrected chi connectivity index (χ3v) is 9.33. The van der Waals surface area contributed by atoms with Crippen LogP contribution < -0.4 is 0 Å². The lowest BCUT2D eigenvalue weighted by atomic mass is 9.45. The van der Waals surface area contributed by atoms with Gasteiger partial charge in [-0.2, -0.15) is 0 Å². The first-order chi connectivity index (χ1) is 14.6. The lowest BCUT2D eigenvalue weighted by Gasteiger charge is -2.60. The van der Waals surface area contributed by atoms with E-state index in [1.165, 1.54) is 5.57 Å². The summed E-state index contributed by atoms with van der Waals surface area (Å²) in [4.78, 5) is 36.8. The molecule has 0 aromatic carbocycles. The van der Waals surface area contributed by atoms with Crippen LogP contribution in [0.15, 0.2) is 11.6 Å². The predicted molar refractivity (Wildman–Crippen MR) is 114 cm³/mol. The molecule has 0 aliphatic heterocycles. The van der Waals surface area contributed by atoms with Gasteiger partial charge in [-0.1, -0.05) is 26.3 Å². The molecule has 4 rings (SSSR count). The molecular weight excluding hydrogens is 396 g/mol. The van der Waals surface area contributed by atoms with Crippen molar-refractivity contribution in [2.75, 3.05) is 6.61 Å². The number of ketones is 2. The maximum Gasteiger partial charge on any atom is 0.306 e. The monoisotopic (exact) mass is 432 g/mol. The van der Waals surface area contributed by atoms with Crippen LogP contribution >= 0.6 is 0 Å². The maximum absolute atomic E-state index is 13.1. The topological polar surface area (TPSA) is 101 Å². The molecule has 0 saturated heterocycles. The Kier molecular flexibility index (Phi) is 5.70. The molecule has 0 aromatic rings. The van der Waals surface area contributed by atoms with Crippen molar-refractivity contribution >= 4 is 17.5 Å². The van der Waals surface area contributed by atoms with E-state index in [-0.39, 0.29) is 35.4 Å². The van der Waals surface area contributed by atoms with Crippen molar-refractivity contribution in [2.45, 2.75) is 90.3 Å². The minimum absolute atomic E-state index is 0.0403. The van der Waals surface area contributed by atoms with Crippen LogP contribution in [0, 0.1) is 28.6 Å². The number of rotatable bonds is 5. The van der Waals surface area contributed by atoms with Gasteiger partial charge in [-0.15, -0.1) is 0 Å². The van der Waals surface area contributed by atoms with Gasteiger partial charge in [-0.3, -0.25) is 14.4 Å². The first-order valence-corrected chi connectivity index (χ1v) is 11.9. The Balaban J connectivity index is 1.59. The van der Waals surface area contributed by atoms with E-state index < -0.39 is 35.5 Å². The normalized spacial score (nSPS) is 44.0. The minimum Gasteiger partial charge on any atom is -0.458 e. The van der Waals surface area contributed by atoms with Gasteiger partial charge < -0.3 is 14.9 Å². The number of ether oxygens (including phenoxy) is 1. The highest BCUT2D eigenvalue weighted by Crippen LogP contribution is 2.67. The molecule has 31 heavy (non-hydrogen) atoms. The van der Waals surface area contributed by atoms with E-state index in [0.717, 1.165) is 25.7 Å². The number of allylic oxidation sites excluding steroid dienone is 1. The summed E-state index contributed by atoms with van der Waals surface area (Å²) in [5, 5.41) is 23.0. The number of carbonyl (C=O) groups is 3. The van der Waals surface area contributed by atoms with Crippen LogP contribution in [0.4, 0.5) is 0 Å². The average Bonchev–Trinajstić information content (AvgIpc) is 2.98. The number of esters is 1. The molecule has 0 aromatic heterocycles. The maximum atomic E-state index is 13.1. The Labute approximate surface area is 184 Å². The highest BCUT2D eigenvalue weighted by molar-refractivity contribution is 5.92. The molecule has 0 unspecified atom stereocenters. The van der Waals surface area contributed by atoms with E-state index >= 15 is 0 Å². The van der Waals surface area contributed by atoms with Crippen molar-refractivity contribution in [3.63, 3.8) is 0 Å². The van der Waals surface area contributed by atoms with Crippen LogP contribution in [-0.4, -0.2) is 46.1 Å². The van der Waals surface area contributed by atoms with Gasteiger partial charge in [0.25, 0.3) is 0 Å². The largest absolute Gasteiger partial charge is 0.458 e. The van der Waals surface area contributed by atoms with Crippen molar-refractivity contribution in [3.8, 4) is 0 Å². The van der Waals surface area contributed by atoms with Crippen LogP contribution in [0.2, 0.25) is 0 Å². The van der Waals surface area contributed by atoms with Crippen molar-refractivity contribution in [1.82, 2.24) is 0 Å². The average molecular weight is 433 g/mol. The van der Waals surface area contributed by atoms with E-state index in [2.05, 4.69) is 6.92 Å². The summed E-state index contributed by atoms with van der Waals surface area (Å²) in [6, 6.07) is 0. The van der Waals surface area contributed by atoms with E-state index in [1.54, 1.807) is 6.08 Å². The molecule has 0 amide bonds. The van der Waals surface area contributed by atoms with Crippen LogP contribution in [0.25, 0.3) is 0 Å². The molecule has 2 N–H and O–H groups in total. The molecule has 0 heterocycles. The van der Waals surface area contributed by atoms with Crippen LogP contribution in [0.1, 0.15) is 78.6 Å². The Bertz CT molecular complexity index is 817. The quantitative estimate of drug-likeness (QED) is 0.648. The Morgan fingerprint density at radius 3 is 2.65 bits per heavy atom. The summed E-state index contributed by atoms with van der Waals surface area (Å²) < 4.78 is 5.13. The third kappa shape index (κ3) is 3.32. The minimum atomic E-state index is -1.59. The van der Waals surface area contributed by atoms with Gasteiger partial charge in [-0.25, -0.2) is 0 Å². The van der Waals surface area contributed by atoms with Crippen LogP contribution in [0.3, 0.4) is 0 Å². The van der Waals surface area contributed by atoms with E-state index in [0.29, 0.717) is 25.7 Å². The Hall–Kier alpha value is -1.53. The molecule has 3 saturated carbocycles. The number of aliphatic hydroxyl groups excluding tert-OH is 1. The van der Waals surface area contributed by atoms with Gasteiger partial charge in [0.05, 0.1) is 6.10 Å². The lowest BCUT2D eigenvalue weighted by Crippen LogP contribution is -2.62. The number of hydrogen-bond donors (Lipinski definition) is 2. The Morgan fingerprint density at radius 2 is 1.94 bits per heavy atom.